The van der Waals surface area contributed by atoms with Crippen LogP contribution in [-0.4, -0.2) is 32.1 Å². The molecule has 4 aromatic rings. The highest BCUT2D eigenvalue weighted by molar-refractivity contribution is 6.33. The van der Waals surface area contributed by atoms with Crippen molar-refractivity contribution in [3.63, 3.8) is 0 Å². The monoisotopic (exact) mass is 542 g/mol. The van der Waals surface area contributed by atoms with E-state index in [2.05, 4.69) is 15.3 Å². The zero-order chi connectivity index (χ0) is 26.9. The van der Waals surface area contributed by atoms with Crippen LogP contribution < -0.4 is 16.6 Å². The van der Waals surface area contributed by atoms with E-state index in [1.165, 1.54) is 25.7 Å². The van der Waals surface area contributed by atoms with E-state index in [9.17, 15) is 4.79 Å². The summed E-state index contributed by atoms with van der Waals surface area (Å²) in [6, 6.07) is 13.8. The number of nitrogens with two attached hydrogens (primary N) is 1. The minimum atomic E-state index is -0.0771. The molecule has 0 unspecified atom stereocenters. The molecule has 0 amide bonds. The van der Waals surface area contributed by atoms with Gasteiger partial charge in [-0.2, -0.15) is 4.98 Å². The Morgan fingerprint density at radius 1 is 1.00 bits per heavy atom. The molecule has 3 N–H and O–H groups in total. The smallest absolute Gasteiger partial charge is 0.260 e. The number of nitrogens with zero attached hydrogens (tertiary/aromatic N) is 4. The number of fused-ring (bicyclic) bond motifs is 1. The molecule has 6 rings (SSSR count). The van der Waals surface area contributed by atoms with Gasteiger partial charge in [-0.1, -0.05) is 42.6 Å². The molecule has 3 aromatic heterocycles. The van der Waals surface area contributed by atoms with E-state index < -0.39 is 0 Å². The SMILES string of the molecule is Cc1cccc(-c2ccc(-c3cc4cnc(NCC5CCCC5)nc4n(C4CCC(N)CC4)c3=O)c(Cl)c2)n1. The maximum Gasteiger partial charge on any atom is 0.260 e. The summed E-state index contributed by atoms with van der Waals surface area (Å²) in [5, 5.41) is 4.77. The van der Waals surface area contributed by atoms with Crippen molar-refractivity contribution in [2.75, 3.05) is 11.9 Å². The van der Waals surface area contributed by atoms with E-state index in [1.807, 2.05) is 60.2 Å². The van der Waals surface area contributed by atoms with Crippen LogP contribution >= 0.6 is 11.6 Å². The van der Waals surface area contributed by atoms with Gasteiger partial charge in [0.1, 0.15) is 5.65 Å². The predicted octanol–water partition coefficient (Wildman–Crippen LogP) is 6.53. The van der Waals surface area contributed by atoms with Gasteiger partial charge in [-0.25, -0.2) is 4.98 Å². The zero-order valence-corrected chi connectivity index (χ0v) is 23.1. The Kier molecular flexibility index (Phi) is 7.36. The second-order valence-corrected chi connectivity index (χ2v) is 11.6. The fourth-order valence-corrected chi connectivity index (χ4v) is 6.43. The fourth-order valence-electron chi connectivity index (χ4n) is 6.14. The summed E-state index contributed by atoms with van der Waals surface area (Å²) < 4.78 is 1.88. The first kappa shape index (κ1) is 26.0. The highest BCUT2D eigenvalue weighted by Crippen LogP contribution is 2.34. The number of anilines is 1. The number of nitrogens with one attached hydrogen (secondary N) is 1. The Hall–Kier alpha value is -3.29. The Balaban J connectivity index is 1.42. The number of hydrogen-bond donors (Lipinski definition) is 2. The summed E-state index contributed by atoms with van der Waals surface area (Å²) in [6.07, 6.45) is 10.4. The first-order valence-corrected chi connectivity index (χ1v) is 14.5. The Morgan fingerprint density at radius 2 is 1.79 bits per heavy atom. The lowest BCUT2D eigenvalue weighted by molar-refractivity contribution is 0.323. The molecule has 3 heterocycles. The summed E-state index contributed by atoms with van der Waals surface area (Å²) in [5.41, 5.74) is 10.8. The van der Waals surface area contributed by atoms with Crippen LogP contribution in [0.4, 0.5) is 5.95 Å². The largest absolute Gasteiger partial charge is 0.354 e. The van der Waals surface area contributed by atoms with Gasteiger partial charge in [-0.3, -0.25) is 14.3 Å². The number of hydrogen-bond acceptors (Lipinski definition) is 6. The van der Waals surface area contributed by atoms with Gasteiger partial charge in [0.2, 0.25) is 5.95 Å². The molecule has 0 bridgehead atoms. The van der Waals surface area contributed by atoms with Crippen molar-refractivity contribution in [3.8, 4) is 22.4 Å². The molecule has 2 aliphatic rings. The van der Waals surface area contributed by atoms with Crippen molar-refractivity contribution in [1.82, 2.24) is 19.5 Å². The maximum atomic E-state index is 14.2. The van der Waals surface area contributed by atoms with Gasteiger partial charge in [0, 0.05) is 57.6 Å². The van der Waals surface area contributed by atoms with Crippen molar-refractivity contribution in [2.45, 2.75) is 70.4 Å². The molecule has 0 atom stereocenters. The van der Waals surface area contributed by atoms with Crippen LogP contribution in [0.1, 0.15) is 63.1 Å². The third-order valence-electron chi connectivity index (χ3n) is 8.35. The van der Waals surface area contributed by atoms with Crippen LogP contribution in [-0.2, 0) is 0 Å². The van der Waals surface area contributed by atoms with Crippen molar-refractivity contribution in [1.29, 1.82) is 0 Å². The molecule has 1 aromatic carbocycles. The number of aromatic nitrogens is 4. The summed E-state index contributed by atoms with van der Waals surface area (Å²) >= 11 is 6.83. The van der Waals surface area contributed by atoms with E-state index in [0.717, 1.165) is 54.6 Å². The topological polar surface area (TPSA) is 98.7 Å². The van der Waals surface area contributed by atoms with Gasteiger partial charge < -0.3 is 11.1 Å². The zero-order valence-electron chi connectivity index (χ0n) is 22.4. The summed E-state index contributed by atoms with van der Waals surface area (Å²) in [4.78, 5) is 28.3. The van der Waals surface area contributed by atoms with Crippen molar-refractivity contribution >= 4 is 28.6 Å². The molecule has 0 saturated heterocycles. The molecule has 2 aliphatic carbocycles. The molecule has 0 radical (unpaired) electrons. The number of halogens is 1. The molecule has 39 heavy (non-hydrogen) atoms. The molecule has 7 nitrogen and oxygen atoms in total. The van der Waals surface area contributed by atoms with Gasteiger partial charge in [0.25, 0.3) is 5.56 Å². The first-order chi connectivity index (χ1) is 19.0. The minimum absolute atomic E-state index is 0.0341. The van der Waals surface area contributed by atoms with E-state index in [1.54, 1.807) is 0 Å². The van der Waals surface area contributed by atoms with Gasteiger partial charge in [0.05, 0.1) is 5.69 Å². The molecule has 0 spiro atoms. The lowest BCUT2D eigenvalue weighted by Gasteiger charge is -2.29. The van der Waals surface area contributed by atoms with E-state index >= 15 is 0 Å². The van der Waals surface area contributed by atoms with Crippen molar-refractivity contribution in [2.24, 2.45) is 11.7 Å². The third-order valence-corrected chi connectivity index (χ3v) is 8.66. The van der Waals surface area contributed by atoms with E-state index in [-0.39, 0.29) is 17.6 Å². The second kappa shape index (κ2) is 11.1. The van der Waals surface area contributed by atoms with Crippen LogP contribution in [0.25, 0.3) is 33.4 Å². The summed E-state index contributed by atoms with van der Waals surface area (Å²) in [7, 11) is 0. The molecule has 202 valence electrons. The lowest BCUT2D eigenvalue weighted by Crippen LogP contribution is -2.33. The van der Waals surface area contributed by atoms with Crippen LogP contribution in [0.2, 0.25) is 5.02 Å². The van der Waals surface area contributed by atoms with Gasteiger partial charge in [0.15, 0.2) is 0 Å². The number of benzene rings is 1. The van der Waals surface area contributed by atoms with Crippen LogP contribution in [0.5, 0.6) is 0 Å². The highest BCUT2D eigenvalue weighted by Gasteiger charge is 2.25. The summed E-state index contributed by atoms with van der Waals surface area (Å²) in [5.74, 6) is 1.24. The van der Waals surface area contributed by atoms with Gasteiger partial charge >= 0.3 is 0 Å². The van der Waals surface area contributed by atoms with Gasteiger partial charge in [-0.15, -0.1) is 0 Å². The lowest BCUT2D eigenvalue weighted by atomic mass is 9.91. The highest BCUT2D eigenvalue weighted by atomic mass is 35.5. The van der Waals surface area contributed by atoms with Crippen LogP contribution in [0.3, 0.4) is 0 Å². The van der Waals surface area contributed by atoms with Crippen LogP contribution in [0.15, 0.2) is 53.5 Å². The fraction of sp³-hybridized carbons (Fsp3) is 0.419. The van der Waals surface area contributed by atoms with E-state index in [0.29, 0.717) is 33.7 Å². The van der Waals surface area contributed by atoms with Crippen molar-refractivity contribution < 1.29 is 0 Å². The van der Waals surface area contributed by atoms with Crippen LogP contribution in [0, 0.1) is 12.8 Å². The number of aryl methyl sites for hydroxylation is 1. The Labute approximate surface area is 233 Å². The average Bonchev–Trinajstić information content (AvgIpc) is 3.46. The predicted molar refractivity (Wildman–Crippen MR) is 158 cm³/mol. The minimum Gasteiger partial charge on any atom is -0.354 e. The van der Waals surface area contributed by atoms with E-state index in [4.69, 9.17) is 22.3 Å². The standard InChI is InChI=1S/C31H35ClN6O/c1-19-5-4-8-28(36-19)21-9-14-25(27(32)16-21)26-15-22-18-35-31(34-17-20-6-2-3-7-20)37-29(22)38(30(26)39)24-12-10-23(33)11-13-24/h4-5,8-9,14-16,18,20,23-24H,2-3,6-7,10-13,17,33H2,1H3,(H,34,35,37). The molecular formula is C31H35ClN6O. The molecule has 2 fully saturated rings. The normalized spacial score (nSPS) is 20.0. The van der Waals surface area contributed by atoms with Gasteiger partial charge in [-0.05, 0) is 75.6 Å². The number of pyridine rings is 2. The molecule has 8 heteroatoms. The Bertz CT molecular complexity index is 1550. The molecule has 2 saturated carbocycles. The number of rotatable bonds is 6. The second-order valence-electron chi connectivity index (χ2n) is 11.2. The third kappa shape index (κ3) is 5.43. The molecule has 0 aliphatic heterocycles. The quantitative estimate of drug-likeness (QED) is 0.287. The average molecular weight is 543 g/mol. The molecular weight excluding hydrogens is 508 g/mol. The van der Waals surface area contributed by atoms with Crippen molar-refractivity contribution in [3.05, 3.63) is 69.7 Å². The first-order valence-electron chi connectivity index (χ1n) is 14.1. The summed E-state index contributed by atoms with van der Waals surface area (Å²) in [6.45, 7) is 2.83. The Morgan fingerprint density at radius 3 is 2.54 bits per heavy atom. The maximum absolute atomic E-state index is 14.2.